The summed E-state index contributed by atoms with van der Waals surface area (Å²) in [5.74, 6) is -0.477. The van der Waals surface area contributed by atoms with Crippen LogP contribution in [-0.2, 0) is 26.0 Å². The maximum atomic E-state index is 12.0. The van der Waals surface area contributed by atoms with Crippen molar-refractivity contribution in [1.29, 1.82) is 0 Å². The number of esters is 1. The molecule has 0 atom stereocenters. The maximum absolute atomic E-state index is 12.0. The van der Waals surface area contributed by atoms with Crippen LogP contribution in [0.4, 0.5) is 5.69 Å². The highest BCUT2D eigenvalue weighted by molar-refractivity contribution is 7.88. The molecule has 0 aliphatic carbocycles. The van der Waals surface area contributed by atoms with Gasteiger partial charge in [0.05, 0.1) is 13.4 Å². The van der Waals surface area contributed by atoms with Gasteiger partial charge in [-0.3, -0.25) is 4.79 Å². The number of carbonyl (C=O) groups is 2. The van der Waals surface area contributed by atoms with Crippen LogP contribution in [0.25, 0.3) is 0 Å². The van der Waals surface area contributed by atoms with Crippen LogP contribution < -0.4 is 14.8 Å². The Morgan fingerprint density at radius 1 is 1.19 bits per heavy atom. The van der Waals surface area contributed by atoms with Crippen LogP contribution in [0.2, 0.25) is 0 Å². The number of amides is 1. The largest absolute Gasteiger partial charge is 0.497 e. The normalized spacial score (nSPS) is 11.0. The fourth-order valence-electron chi connectivity index (χ4n) is 2.08. The highest BCUT2D eigenvalue weighted by Gasteiger charge is 2.13. The second-order valence-electron chi connectivity index (χ2n) is 5.54. The Balaban J connectivity index is 1.80. The first-order chi connectivity index (χ1) is 12.8. The number of ether oxygens (including phenoxy) is 2. The van der Waals surface area contributed by atoms with Crippen LogP contribution in [0, 0.1) is 0 Å². The van der Waals surface area contributed by atoms with Crippen LogP contribution in [0.5, 0.6) is 5.75 Å². The number of hydrogen-bond acceptors (Lipinski definition) is 7. The average Bonchev–Trinajstić information content (AvgIpc) is 3.07. The molecule has 0 aliphatic rings. The molecule has 2 rings (SSSR count). The second kappa shape index (κ2) is 9.49. The van der Waals surface area contributed by atoms with E-state index in [4.69, 9.17) is 9.47 Å². The molecule has 0 saturated carbocycles. The summed E-state index contributed by atoms with van der Waals surface area (Å²) in [7, 11) is -1.72. The molecule has 0 aliphatic heterocycles. The second-order valence-corrected chi connectivity index (χ2v) is 8.54. The molecule has 2 N–H and O–H groups in total. The highest BCUT2D eigenvalue weighted by Crippen LogP contribution is 2.18. The predicted octanol–water partition coefficient (Wildman–Crippen LogP) is 1.64. The van der Waals surface area contributed by atoms with Crippen LogP contribution in [-0.4, -0.2) is 46.8 Å². The molecule has 0 fully saturated rings. The lowest BCUT2D eigenvalue weighted by Gasteiger charge is -2.07. The SMILES string of the molecule is COc1cccc(NC(=O)COC(=O)c2ccc(CCNS(C)(=O)=O)s2)c1. The van der Waals surface area contributed by atoms with Crippen LogP contribution in [0.1, 0.15) is 14.5 Å². The van der Waals surface area contributed by atoms with Gasteiger partial charge in [0.2, 0.25) is 10.0 Å². The third-order valence-electron chi connectivity index (χ3n) is 3.29. The van der Waals surface area contributed by atoms with E-state index in [1.165, 1.54) is 18.4 Å². The Morgan fingerprint density at radius 3 is 2.67 bits per heavy atom. The summed E-state index contributed by atoms with van der Waals surface area (Å²) < 4.78 is 34.5. The number of benzene rings is 1. The summed E-state index contributed by atoms with van der Waals surface area (Å²) in [5.41, 5.74) is 0.534. The number of methoxy groups -OCH3 is 1. The molecule has 0 unspecified atom stereocenters. The maximum Gasteiger partial charge on any atom is 0.348 e. The lowest BCUT2D eigenvalue weighted by atomic mass is 10.3. The molecule has 10 heteroatoms. The predicted molar refractivity (Wildman–Crippen MR) is 103 cm³/mol. The van der Waals surface area contributed by atoms with E-state index in [0.717, 1.165) is 11.1 Å². The first-order valence-electron chi connectivity index (χ1n) is 7.91. The van der Waals surface area contributed by atoms with Gasteiger partial charge in [0.15, 0.2) is 6.61 Å². The van der Waals surface area contributed by atoms with Gasteiger partial charge in [0, 0.05) is 23.2 Å². The van der Waals surface area contributed by atoms with Crippen molar-refractivity contribution in [2.24, 2.45) is 0 Å². The number of nitrogens with one attached hydrogen (secondary N) is 2. The summed E-state index contributed by atoms with van der Waals surface area (Å²) in [6, 6.07) is 10.1. The number of sulfonamides is 1. The number of rotatable bonds is 9. The standard InChI is InChI=1S/C17H20N2O6S2/c1-24-13-5-3-4-12(10-13)19-16(20)11-25-17(21)15-7-6-14(26-15)8-9-18-27(2,22)23/h3-7,10,18H,8-9,11H2,1-2H3,(H,19,20). The molecule has 27 heavy (non-hydrogen) atoms. The van der Waals surface area contributed by atoms with Gasteiger partial charge in [-0.2, -0.15) is 0 Å². The fourth-order valence-corrected chi connectivity index (χ4v) is 3.46. The molecule has 1 heterocycles. The molecule has 0 saturated heterocycles. The molecule has 1 aromatic heterocycles. The molecule has 0 radical (unpaired) electrons. The third-order valence-corrected chi connectivity index (χ3v) is 5.14. The van der Waals surface area contributed by atoms with Crippen LogP contribution in [0.15, 0.2) is 36.4 Å². The lowest BCUT2D eigenvalue weighted by molar-refractivity contribution is -0.119. The van der Waals surface area contributed by atoms with E-state index in [1.807, 2.05) is 0 Å². The van der Waals surface area contributed by atoms with Gasteiger partial charge in [-0.1, -0.05) is 6.07 Å². The van der Waals surface area contributed by atoms with Crippen LogP contribution >= 0.6 is 11.3 Å². The van der Waals surface area contributed by atoms with Gasteiger partial charge in [-0.15, -0.1) is 11.3 Å². The fraction of sp³-hybridized carbons (Fsp3) is 0.294. The first-order valence-corrected chi connectivity index (χ1v) is 10.6. The summed E-state index contributed by atoms with van der Waals surface area (Å²) in [6.07, 6.45) is 1.54. The molecule has 0 bridgehead atoms. The topological polar surface area (TPSA) is 111 Å². The first kappa shape index (κ1) is 20.9. The van der Waals surface area contributed by atoms with E-state index >= 15 is 0 Å². The zero-order valence-electron chi connectivity index (χ0n) is 14.9. The minimum Gasteiger partial charge on any atom is -0.497 e. The van der Waals surface area contributed by atoms with E-state index in [2.05, 4.69) is 10.0 Å². The molecule has 0 spiro atoms. The van der Waals surface area contributed by atoms with Crippen molar-refractivity contribution in [2.75, 3.05) is 31.8 Å². The summed E-state index contributed by atoms with van der Waals surface area (Å²) >= 11 is 1.19. The Kier molecular flexibility index (Phi) is 7.34. The van der Waals surface area contributed by atoms with Crippen molar-refractivity contribution >= 4 is 38.9 Å². The number of thiophene rings is 1. The molecule has 2 aromatic rings. The Hall–Kier alpha value is -2.43. The van der Waals surface area contributed by atoms with E-state index in [1.54, 1.807) is 36.4 Å². The summed E-state index contributed by atoms with van der Waals surface area (Å²) in [4.78, 5) is 25.1. The van der Waals surface area contributed by atoms with Gasteiger partial charge < -0.3 is 14.8 Å². The minimum atomic E-state index is -3.24. The van der Waals surface area contributed by atoms with Gasteiger partial charge in [-0.25, -0.2) is 17.9 Å². The lowest BCUT2D eigenvalue weighted by Crippen LogP contribution is -2.24. The van der Waals surface area contributed by atoms with Gasteiger partial charge in [-0.05, 0) is 30.7 Å². The Morgan fingerprint density at radius 2 is 1.96 bits per heavy atom. The molecule has 8 nitrogen and oxygen atoms in total. The Bertz CT molecular complexity index is 908. The zero-order valence-corrected chi connectivity index (χ0v) is 16.5. The van der Waals surface area contributed by atoms with E-state index in [-0.39, 0.29) is 6.54 Å². The van der Waals surface area contributed by atoms with Crippen molar-refractivity contribution < 1.29 is 27.5 Å². The molecule has 146 valence electrons. The number of anilines is 1. The number of hydrogen-bond donors (Lipinski definition) is 2. The third kappa shape index (κ3) is 7.37. The van der Waals surface area contributed by atoms with Crippen LogP contribution in [0.3, 0.4) is 0 Å². The average molecular weight is 412 g/mol. The smallest absolute Gasteiger partial charge is 0.348 e. The van der Waals surface area contributed by atoms with E-state index < -0.39 is 28.5 Å². The van der Waals surface area contributed by atoms with Crippen molar-refractivity contribution in [2.45, 2.75) is 6.42 Å². The summed E-state index contributed by atoms with van der Waals surface area (Å²) in [5, 5.41) is 2.61. The number of carbonyl (C=O) groups excluding carboxylic acids is 2. The monoisotopic (exact) mass is 412 g/mol. The molecule has 1 amide bonds. The van der Waals surface area contributed by atoms with Gasteiger partial charge >= 0.3 is 5.97 Å². The highest BCUT2D eigenvalue weighted by atomic mass is 32.2. The molecular formula is C17H20N2O6S2. The van der Waals surface area contributed by atoms with Gasteiger partial charge in [0.25, 0.3) is 5.91 Å². The minimum absolute atomic E-state index is 0.247. The summed E-state index contributed by atoms with van der Waals surface area (Å²) in [6.45, 7) is -0.171. The van der Waals surface area contributed by atoms with Crippen molar-refractivity contribution in [3.63, 3.8) is 0 Å². The van der Waals surface area contributed by atoms with Crippen molar-refractivity contribution in [3.05, 3.63) is 46.2 Å². The van der Waals surface area contributed by atoms with Gasteiger partial charge in [0.1, 0.15) is 10.6 Å². The van der Waals surface area contributed by atoms with Crippen molar-refractivity contribution in [3.8, 4) is 5.75 Å². The molecular weight excluding hydrogens is 392 g/mol. The van der Waals surface area contributed by atoms with Crippen molar-refractivity contribution in [1.82, 2.24) is 4.72 Å². The molecule has 1 aromatic carbocycles. The Labute approximate surface area is 161 Å². The van der Waals surface area contributed by atoms with E-state index in [9.17, 15) is 18.0 Å². The zero-order chi connectivity index (χ0) is 19.9. The quantitative estimate of drug-likeness (QED) is 0.606. The van der Waals surface area contributed by atoms with E-state index in [0.29, 0.717) is 22.7 Å².